The van der Waals surface area contributed by atoms with E-state index in [1.165, 1.54) is 6.07 Å². The van der Waals surface area contributed by atoms with Gasteiger partial charge in [0, 0.05) is 24.2 Å². The van der Waals surface area contributed by atoms with E-state index in [0.717, 1.165) is 5.56 Å². The molecule has 0 fully saturated rings. The fraction of sp³-hybridized carbons (Fsp3) is 0.438. The summed E-state index contributed by atoms with van der Waals surface area (Å²) in [5, 5.41) is 20.2. The quantitative estimate of drug-likeness (QED) is 0.767. The number of hydrogen-bond donors (Lipinski definition) is 3. The van der Waals surface area contributed by atoms with Crippen molar-refractivity contribution in [3.05, 3.63) is 41.8 Å². The van der Waals surface area contributed by atoms with Crippen LogP contribution in [-0.2, 0) is 6.54 Å². The Morgan fingerprint density at radius 2 is 2.10 bits per heavy atom. The summed E-state index contributed by atoms with van der Waals surface area (Å²) in [7, 11) is 0. The molecule has 2 rings (SSSR count). The first-order valence-electron chi connectivity index (χ1n) is 7.12. The monoisotopic (exact) mass is 291 g/mol. The Bertz CT molecular complexity index is 593. The van der Waals surface area contributed by atoms with Crippen LogP contribution in [0, 0.1) is 11.7 Å². The molecule has 1 unspecified atom stereocenters. The van der Waals surface area contributed by atoms with Crippen LogP contribution in [0.2, 0.25) is 0 Å². The number of aromatic amines is 1. The van der Waals surface area contributed by atoms with Crippen LogP contribution >= 0.6 is 0 Å². The second-order valence-corrected chi connectivity index (χ2v) is 5.87. The summed E-state index contributed by atoms with van der Waals surface area (Å²) in [5.41, 5.74) is 1.27. The summed E-state index contributed by atoms with van der Waals surface area (Å²) in [5.74, 6) is -0.127. The van der Waals surface area contributed by atoms with Crippen LogP contribution in [0.15, 0.2) is 30.5 Å². The van der Waals surface area contributed by atoms with Gasteiger partial charge in [-0.25, -0.2) is 4.39 Å². The van der Waals surface area contributed by atoms with E-state index in [1.54, 1.807) is 31.3 Å². The first-order valence-corrected chi connectivity index (χ1v) is 7.12. The van der Waals surface area contributed by atoms with E-state index in [0.29, 0.717) is 24.3 Å². The minimum Gasteiger partial charge on any atom is -0.389 e. The topological polar surface area (TPSA) is 60.9 Å². The number of hydrogen-bond acceptors (Lipinski definition) is 3. The van der Waals surface area contributed by atoms with Crippen LogP contribution < -0.4 is 5.32 Å². The molecule has 1 aromatic carbocycles. The predicted molar refractivity (Wildman–Crippen MR) is 81.2 cm³/mol. The molecule has 1 heterocycles. The Kier molecular flexibility index (Phi) is 4.75. The van der Waals surface area contributed by atoms with Crippen LogP contribution in [0.3, 0.4) is 0 Å². The standard InChI is InChI=1S/C16H22FN3O/c1-11(2)16(3,21)10-18-8-12-9-19-20-15(12)13-6-4-5-7-14(13)17/h4-7,9,11,18,21H,8,10H2,1-3H3,(H,19,20). The van der Waals surface area contributed by atoms with Crippen LogP contribution in [0.4, 0.5) is 4.39 Å². The molecule has 0 radical (unpaired) electrons. The molecule has 1 aromatic heterocycles. The number of nitrogens with one attached hydrogen (secondary N) is 2. The Morgan fingerprint density at radius 3 is 2.76 bits per heavy atom. The van der Waals surface area contributed by atoms with E-state index < -0.39 is 5.60 Å². The number of H-pyrrole nitrogens is 1. The van der Waals surface area contributed by atoms with Crippen LogP contribution in [0.25, 0.3) is 11.3 Å². The van der Waals surface area contributed by atoms with Gasteiger partial charge in [0.05, 0.1) is 17.5 Å². The maximum Gasteiger partial charge on any atom is 0.132 e. The van der Waals surface area contributed by atoms with Gasteiger partial charge in [-0.05, 0) is 25.0 Å². The van der Waals surface area contributed by atoms with Gasteiger partial charge < -0.3 is 10.4 Å². The lowest BCUT2D eigenvalue weighted by Gasteiger charge is -2.27. The molecule has 2 aromatic rings. The van der Waals surface area contributed by atoms with Crippen molar-refractivity contribution in [2.75, 3.05) is 6.54 Å². The Hall–Kier alpha value is -1.72. The molecule has 4 nitrogen and oxygen atoms in total. The van der Waals surface area contributed by atoms with Gasteiger partial charge >= 0.3 is 0 Å². The lowest BCUT2D eigenvalue weighted by molar-refractivity contribution is 0.0140. The van der Waals surface area contributed by atoms with Gasteiger partial charge in [-0.2, -0.15) is 5.10 Å². The number of rotatable bonds is 6. The first kappa shape index (κ1) is 15.7. The largest absolute Gasteiger partial charge is 0.389 e. The van der Waals surface area contributed by atoms with E-state index in [1.807, 2.05) is 13.8 Å². The molecule has 114 valence electrons. The predicted octanol–water partition coefficient (Wildman–Crippen LogP) is 2.71. The molecule has 0 saturated carbocycles. The van der Waals surface area contributed by atoms with Crippen molar-refractivity contribution in [3.63, 3.8) is 0 Å². The maximum atomic E-state index is 13.8. The van der Waals surface area contributed by atoms with Crippen molar-refractivity contribution in [3.8, 4) is 11.3 Å². The van der Waals surface area contributed by atoms with Gasteiger partial charge in [0.15, 0.2) is 0 Å². The highest BCUT2D eigenvalue weighted by molar-refractivity contribution is 5.63. The minimum atomic E-state index is -0.776. The van der Waals surface area contributed by atoms with Crippen molar-refractivity contribution in [1.29, 1.82) is 0 Å². The molecular formula is C16H22FN3O. The number of halogens is 1. The highest BCUT2D eigenvalue weighted by atomic mass is 19.1. The third kappa shape index (κ3) is 3.68. The molecule has 21 heavy (non-hydrogen) atoms. The summed E-state index contributed by atoms with van der Waals surface area (Å²) in [4.78, 5) is 0. The van der Waals surface area contributed by atoms with Crippen molar-refractivity contribution in [2.45, 2.75) is 32.9 Å². The van der Waals surface area contributed by atoms with Crippen LogP contribution in [0.1, 0.15) is 26.3 Å². The number of nitrogens with zero attached hydrogens (tertiary/aromatic N) is 1. The Balaban J connectivity index is 2.07. The van der Waals surface area contributed by atoms with E-state index >= 15 is 0 Å². The highest BCUT2D eigenvalue weighted by Crippen LogP contribution is 2.24. The van der Waals surface area contributed by atoms with Gasteiger partial charge in [0.1, 0.15) is 5.82 Å². The Morgan fingerprint density at radius 1 is 1.38 bits per heavy atom. The molecule has 0 amide bonds. The zero-order chi connectivity index (χ0) is 15.5. The molecule has 1 atom stereocenters. The minimum absolute atomic E-state index is 0.153. The van der Waals surface area contributed by atoms with Gasteiger partial charge in [0.2, 0.25) is 0 Å². The van der Waals surface area contributed by atoms with Gasteiger partial charge in [-0.1, -0.05) is 26.0 Å². The molecule has 0 saturated heterocycles. The average Bonchev–Trinajstić information content (AvgIpc) is 2.87. The molecular weight excluding hydrogens is 269 g/mol. The zero-order valence-electron chi connectivity index (χ0n) is 12.7. The summed E-state index contributed by atoms with van der Waals surface area (Å²) in [6, 6.07) is 6.60. The molecule has 0 spiro atoms. The SMILES string of the molecule is CC(C)C(C)(O)CNCc1cn[nH]c1-c1ccccc1F. The van der Waals surface area contributed by atoms with Crippen molar-refractivity contribution in [2.24, 2.45) is 5.92 Å². The molecule has 5 heteroatoms. The van der Waals surface area contributed by atoms with Crippen molar-refractivity contribution >= 4 is 0 Å². The number of aliphatic hydroxyl groups is 1. The Labute approximate surface area is 124 Å². The normalized spacial score (nSPS) is 14.4. The fourth-order valence-corrected chi connectivity index (χ4v) is 2.00. The summed E-state index contributed by atoms with van der Waals surface area (Å²) in [6.45, 7) is 6.74. The van der Waals surface area contributed by atoms with E-state index in [9.17, 15) is 9.50 Å². The number of benzene rings is 1. The maximum absolute atomic E-state index is 13.8. The fourth-order valence-electron chi connectivity index (χ4n) is 2.00. The van der Waals surface area contributed by atoms with E-state index in [2.05, 4.69) is 15.5 Å². The summed E-state index contributed by atoms with van der Waals surface area (Å²) < 4.78 is 13.8. The second kappa shape index (κ2) is 6.37. The van der Waals surface area contributed by atoms with Gasteiger partial charge in [-0.3, -0.25) is 5.10 Å². The molecule has 0 aliphatic rings. The summed E-state index contributed by atoms with van der Waals surface area (Å²) >= 11 is 0. The highest BCUT2D eigenvalue weighted by Gasteiger charge is 2.24. The molecule has 0 aliphatic heterocycles. The smallest absolute Gasteiger partial charge is 0.132 e. The third-order valence-electron chi connectivity index (χ3n) is 3.90. The van der Waals surface area contributed by atoms with Crippen LogP contribution in [-0.4, -0.2) is 27.4 Å². The first-order chi connectivity index (χ1) is 9.92. The number of aromatic nitrogens is 2. The second-order valence-electron chi connectivity index (χ2n) is 5.87. The third-order valence-corrected chi connectivity index (χ3v) is 3.90. The molecule has 0 bridgehead atoms. The van der Waals surface area contributed by atoms with E-state index in [4.69, 9.17) is 0 Å². The van der Waals surface area contributed by atoms with Crippen LogP contribution in [0.5, 0.6) is 0 Å². The zero-order valence-corrected chi connectivity index (χ0v) is 12.7. The van der Waals surface area contributed by atoms with Gasteiger partial charge in [-0.15, -0.1) is 0 Å². The van der Waals surface area contributed by atoms with Gasteiger partial charge in [0.25, 0.3) is 0 Å². The lowest BCUT2D eigenvalue weighted by atomic mass is 9.92. The average molecular weight is 291 g/mol. The van der Waals surface area contributed by atoms with Crippen molar-refractivity contribution < 1.29 is 9.50 Å². The molecule has 3 N–H and O–H groups in total. The molecule has 0 aliphatic carbocycles. The van der Waals surface area contributed by atoms with E-state index in [-0.39, 0.29) is 11.7 Å². The summed E-state index contributed by atoms with van der Waals surface area (Å²) in [6.07, 6.45) is 1.68. The lowest BCUT2D eigenvalue weighted by Crippen LogP contribution is -2.41. The van der Waals surface area contributed by atoms with Crippen molar-refractivity contribution in [1.82, 2.24) is 15.5 Å².